The van der Waals surface area contributed by atoms with Gasteiger partial charge in [0.05, 0.1) is 13.7 Å². The molecule has 0 fully saturated rings. The molecular formula is C19H26N2O3. The van der Waals surface area contributed by atoms with Crippen LogP contribution in [0.15, 0.2) is 23.8 Å². The van der Waals surface area contributed by atoms with Crippen LogP contribution in [-0.4, -0.2) is 26.2 Å². The molecule has 0 heterocycles. The Labute approximate surface area is 144 Å². The Hall–Kier alpha value is -2.48. The fourth-order valence-corrected chi connectivity index (χ4v) is 2.08. The van der Waals surface area contributed by atoms with E-state index >= 15 is 0 Å². The molecule has 0 aliphatic rings. The van der Waals surface area contributed by atoms with Crippen molar-refractivity contribution >= 4 is 12.0 Å². The summed E-state index contributed by atoms with van der Waals surface area (Å²) in [6, 6.07) is 7.31. The molecule has 0 aliphatic carbocycles. The number of nitrogens with zero attached hydrogens (tertiary/aromatic N) is 1. The highest BCUT2D eigenvalue weighted by Gasteiger charge is 2.10. The molecule has 0 bridgehead atoms. The molecule has 1 rings (SSSR count). The molecule has 0 radical (unpaired) electrons. The third-order valence-corrected chi connectivity index (χ3v) is 3.40. The highest BCUT2D eigenvalue weighted by atomic mass is 16.5. The van der Waals surface area contributed by atoms with Crippen molar-refractivity contribution in [3.63, 3.8) is 0 Å². The summed E-state index contributed by atoms with van der Waals surface area (Å²) in [6.07, 6.45) is 5.64. The zero-order valence-corrected chi connectivity index (χ0v) is 14.7. The summed E-state index contributed by atoms with van der Waals surface area (Å²) >= 11 is 0. The summed E-state index contributed by atoms with van der Waals surface area (Å²) in [7, 11) is 1.57. The van der Waals surface area contributed by atoms with E-state index in [-0.39, 0.29) is 11.5 Å². The number of nitriles is 1. The van der Waals surface area contributed by atoms with Crippen molar-refractivity contribution in [1.29, 1.82) is 5.26 Å². The van der Waals surface area contributed by atoms with E-state index in [4.69, 9.17) is 14.7 Å². The quantitative estimate of drug-likeness (QED) is 0.403. The highest BCUT2D eigenvalue weighted by molar-refractivity contribution is 6.01. The van der Waals surface area contributed by atoms with Crippen LogP contribution in [-0.2, 0) is 4.79 Å². The number of unbranched alkanes of at least 4 members (excludes halogenated alkanes) is 2. The Bertz CT molecular complexity index is 603. The maximum atomic E-state index is 11.9. The van der Waals surface area contributed by atoms with Gasteiger partial charge >= 0.3 is 0 Å². The van der Waals surface area contributed by atoms with Crippen molar-refractivity contribution in [2.75, 3.05) is 20.3 Å². The second-order valence-corrected chi connectivity index (χ2v) is 5.39. The molecule has 0 spiro atoms. The van der Waals surface area contributed by atoms with Gasteiger partial charge in [0, 0.05) is 6.54 Å². The molecular weight excluding hydrogens is 304 g/mol. The van der Waals surface area contributed by atoms with Crippen LogP contribution < -0.4 is 14.8 Å². The van der Waals surface area contributed by atoms with Crippen molar-refractivity contribution < 1.29 is 14.3 Å². The number of hydrogen-bond acceptors (Lipinski definition) is 4. The summed E-state index contributed by atoms with van der Waals surface area (Å²) in [4.78, 5) is 11.9. The van der Waals surface area contributed by atoms with E-state index in [1.807, 2.05) is 19.1 Å². The van der Waals surface area contributed by atoms with Gasteiger partial charge in [0.1, 0.15) is 11.6 Å². The van der Waals surface area contributed by atoms with Crippen LogP contribution >= 0.6 is 0 Å². The van der Waals surface area contributed by atoms with Gasteiger partial charge in [-0.3, -0.25) is 4.79 Å². The lowest BCUT2D eigenvalue weighted by atomic mass is 10.1. The fourth-order valence-electron chi connectivity index (χ4n) is 2.08. The van der Waals surface area contributed by atoms with Gasteiger partial charge in [-0.05, 0) is 36.6 Å². The van der Waals surface area contributed by atoms with Gasteiger partial charge in [0.2, 0.25) is 0 Å². The van der Waals surface area contributed by atoms with E-state index < -0.39 is 0 Å². The van der Waals surface area contributed by atoms with E-state index in [2.05, 4.69) is 12.2 Å². The van der Waals surface area contributed by atoms with Crippen LogP contribution in [0, 0.1) is 11.3 Å². The number of methoxy groups -OCH3 is 1. The first-order valence-electron chi connectivity index (χ1n) is 8.37. The SMILES string of the molecule is CCCCCOc1ccc(/C=C(/C#N)C(=O)NCCC)cc1OC. The molecule has 130 valence electrons. The third-order valence-electron chi connectivity index (χ3n) is 3.40. The summed E-state index contributed by atoms with van der Waals surface area (Å²) in [5.41, 5.74) is 0.790. The molecule has 0 aromatic heterocycles. The van der Waals surface area contributed by atoms with Gasteiger partial charge in [-0.15, -0.1) is 0 Å². The molecule has 0 saturated carbocycles. The maximum absolute atomic E-state index is 11.9. The minimum Gasteiger partial charge on any atom is -0.493 e. The van der Waals surface area contributed by atoms with Crippen LogP contribution in [0.5, 0.6) is 11.5 Å². The molecule has 5 nitrogen and oxygen atoms in total. The Morgan fingerprint density at radius 1 is 1.25 bits per heavy atom. The number of ether oxygens (including phenoxy) is 2. The van der Waals surface area contributed by atoms with Gasteiger partial charge in [0.25, 0.3) is 5.91 Å². The predicted octanol–water partition coefficient (Wildman–Crippen LogP) is 3.70. The zero-order valence-electron chi connectivity index (χ0n) is 14.7. The molecule has 1 aromatic rings. The number of benzene rings is 1. The Morgan fingerprint density at radius 2 is 2.04 bits per heavy atom. The van der Waals surface area contributed by atoms with Gasteiger partial charge in [-0.25, -0.2) is 0 Å². The number of rotatable bonds is 10. The van der Waals surface area contributed by atoms with E-state index in [9.17, 15) is 4.79 Å². The van der Waals surface area contributed by atoms with Gasteiger partial charge < -0.3 is 14.8 Å². The zero-order chi connectivity index (χ0) is 17.8. The highest BCUT2D eigenvalue weighted by Crippen LogP contribution is 2.29. The molecule has 1 N–H and O–H groups in total. The summed E-state index contributed by atoms with van der Waals surface area (Å²) in [6.45, 7) is 5.29. The molecule has 0 atom stereocenters. The summed E-state index contributed by atoms with van der Waals surface area (Å²) < 4.78 is 11.1. The van der Waals surface area contributed by atoms with Crippen LogP contribution in [0.25, 0.3) is 6.08 Å². The Morgan fingerprint density at radius 3 is 2.67 bits per heavy atom. The van der Waals surface area contributed by atoms with Crippen LogP contribution in [0.1, 0.15) is 45.1 Å². The first-order chi connectivity index (χ1) is 11.7. The van der Waals surface area contributed by atoms with Crippen molar-refractivity contribution in [2.45, 2.75) is 39.5 Å². The molecule has 0 unspecified atom stereocenters. The first-order valence-corrected chi connectivity index (χ1v) is 8.37. The van der Waals surface area contributed by atoms with Crippen molar-refractivity contribution in [2.24, 2.45) is 0 Å². The maximum Gasteiger partial charge on any atom is 0.261 e. The lowest BCUT2D eigenvalue weighted by molar-refractivity contribution is -0.117. The Kier molecular flexibility index (Phi) is 9.06. The van der Waals surface area contributed by atoms with Crippen molar-refractivity contribution in [3.8, 4) is 17.6 Å². The van der Waals surface area contributed by atoms with E-state index in [0.717, 1.165) is 31.2 Å². The molecule has 24 heavy (non-hydrogen) atoms. The van der Waals surface area contributed by atoms with Gasteiger partial charge in [0.15, 0.2) is 11.5 Å². The molecule has 1 aromatic carbocycles. The summed E-state index contributed by atoms with van der Waals surface area (Å²) in [5.74, 6) is 0.893. The summed E-state index contributed by atoms with van der Waals surface area (Å²) in [5, 5.41) is 11.9. The Balaban J connectivity index is 2.87. The number of nitrogens with one attached hydrogen (secondary N) is 1. The largest absolute Gasteiger partial charge is 0.493 e. The second kappa shape index (κ2) is 11.1. The smallest absolute Gasteiger partial charge is 0.261 e. The number of carbonyl (C=O) groups excluding carboxylic acids is 1. The molecule has 0 saturated heterocycles. The average Bonchev–Trinajstić information content (AvgIpc) is 2.61. The van der Waals surface area contributed by atoms with E-state index in [0.29, 0.717) is 24.7 Å². The van der Waals surface area contributed by atoms with Crippen molar-refractivity contribution in [1.82, 2.24) is 5.32 Å². The minimum absolute atomic E-state index is 0.0714. The lowest BCUT2D eigenvalue weighted by Gasteiger charge is -2.11. The van der Waals surface area contributed by atoms with Crippen LogP contribution in [0.2, 0.25) is 0 Å². The standard InChI is InChI=1S/C19H26N2O3/c1-4-6-7-11-24-17-9-8-15(13-18(17)23-3)12-16(14-20)19(22)21-10-5-2/h8-9,12-13H,4-7,10-11H2,1-3H3,(H,21,22)/b16-12-. The minimum atomic E-state index is -0.363. The van der Waals surface area contributed by atoms with E-state index in [1.165, 1.54) is 0 Å². The van der Waals surface area contributed by atoms with E-state index in [1.54, 1.807) is 25.3 Å². The predicted molar refractivity (Wildman–Crippen MR) is 94.9 cm³/mol. The lowest BCUT2D eigenvalue weighted by Crippen LogP contribution is -2.25. The van der Waals surface area contributed by atoms with Crippen LogP contribution in [0.4, 0.5) is 0 Å². The van der Waals surface area contributed by atoms with Crippen LogP contribution in [0.3, 0.4) is 0 Å². The molecule has 1 amide bonds. The fraction of sp³-hybridized carbons (Fsp3) is 0.474. The average molecular weight is 330 g/mol. The van der Waals surface area contributed by atoms with Gasteiger partial charge in [-0.2, -0.15) is 5.26 Å². The molecule has 0 aliphatic heterocycles. The monoisotopic (exact) mass is 330 g/mol. The number of carbonyl (C=O) groups is 1. The first kappa shape index (κ1) is 19.6. The van der Waals surface area contributed by atoms with Crippen molar-refractivity contribution in [3.05, 3.63) is 29.3 Å². The number of amides is 1. The third kappa shape index (κ3) is 6.33. The number of hydrogen-bond donors (Lipinski definition) is 1. The second-order valence-electron chi connectivity index (χ2n) is 5.39. The normalized spacial score (nSPS) is 10.8. The van der Waals surface area contributed by atoms with Gasteiger partial charge in [-0.1, -0.05) is 32.8 Å². The molecule has 5 heteroatoms. The topological polar surface area (TPSA) is 71.3 Å².